The van der Waals surface area contributed by atoms with Gasteiger partial charge in [0.2, 0.25) is 0 Å². The average molecular weight is 271 g/mol. The van der Waals surface area contributed by atoms with Gasteiger partial charge in [-0.15, -0.1) is 0 Å². The zero-order valence-corrected chi connectivity index (χ0v) is 11.5. The van der Waals surface area contributed by atoms with Gasteiger partial charge < -0.3 is 25.4 Å². The van der Waals surface area contributed by atoms with Gasteiger partial charge in [-0.05, 0) is 38.8 Å². The van der Waals surface area contributed by atoms with Crippen LogP contribution in [0, 0.1) is 0 Å². The van der Waals surface area contributed by atoms with Crippen molar-refractivity contribution < 1.29 is 14.3 Å². The molecule has 3 N–H and O–H groups in total. The summed E-state index contributed by atoms with van der Waals surface area (Å²) in [7, 11) is 0. The molecule has 0 radical (unpaired) electrons. The van der Waals surface area contributed by atoms with Crippen LogP contribution in [0.5, 0.6) is 0 Å². The lowest BCUT2D eigenvalue weighted by molar-refractivity contribution is 0.0320. The van der Waals surface area contributed by atoms with Crippen LogP contribution in [-0.4, -0.2) is 57.6 Å². The number of urea groups is 1. The van der Waals surface area contributed by atoms with Gasteiger partial charge in [0.05, 0.1) is 18.8 Å². The van der Waals surface area contributed by atoms with Crippen LogP contribution in [0.1, 0.15) is 25.7 Å². The fourth-order valence-corrected chi connectivity index (χ4v) is 2.37. The molecule has 2 aliphatic rings. The Morgan fingerprint density at radius 1 is 1.32 bits per heavy atom. The van der Waals surface area contributed by atoms with Crippen LogP contribution in [0.25, 0.3) is 0 Å². The van der Waals surface area contributed by atoms with Gasteiger partial charge in [0, 0.05) is 19.8 Å². The molecule has 2 amide bonds. The third-order valence-electron chi connectivity index (χ3n) is 3.51. The molecule has 2 fully saturated rings. The predicted octanol–water partition coefficient (Wildman–Crippen LogP) is 0.233. The third-order valence-corrected chi connectivity index (χ3v) is 3.51. The zero-order valence-electron chi connectivity index (χ0n) is 11.5. The van der Waals surface area contributed by atoms with Gasteiger partial charge in [-0.25, -0.2) is 4.79 Å². The number of nitrogens with one attached hydrogen (secondary N) is 3. The molecule has 2 heterocycles. The van der Waals surface area contributed by atoms with E-state index in [1.54, 1.807) is 0 Å². The number of ether oxygens (including phenoxy) is 2. The van der Waals surface area contributed by atoms with Gasteiger partial charge in [0.25, 0.3) is 0 Å². The summed E-state index contributed by atoms with van der Waals surface area (Å²) < 4.78 is 11.0. The summed E-state index contributed by atoms with van der Waals surface area (Å²) in [5.74, 6) is 0. The average Bonchev–Trinajstić information content (AvgIpc) is 2.92. The van der Waals surface area contributed by atoms with Crippen molar-refractivity contribution in [1.82, 2.24) is 16.0 Å². The molecular weight excluding hydrogens is 246 g/mol. The van der Waals surface area contributed by atoms with Crippen LogP contribution in [0.15, 0.2) is 0 Å². The van der Waals surface area contributed by atoms with E-state index in [1.165, 1.54) is 0 Å². The molecule has 0 aromatic rings. The maximum Gasteiger partial charge on any atom is 0.315 e. The number of hydrogen-bond acceptors (Lipinski definition) is 4. The van der Waals surface area contributed by atoms with Crippen LogP contribution in [0.2, 0.25) is 0 Å². The van der Waals surface area contributed by atoms with E-state index in [2.05, 4.69) is 16.0 Å². The van der Waals surface area contributed by atoms with E-state index < -0.39 is 0 Å². The molecule has 1 unspecified atom stereocenters. The first-order chi connectivity index (χ1) is 9.34. The van der Waals surface area contributed by atoms with Crippen molar-refractivity contribution in [2.24, 2.45) is 0 Å². The lowest BCUT2D eigenvalue weighted by Crippen LogP contribution is -2.42. The summed E-state index contributed by atoms with van der Waals surface area (Å²) in [6.07, 6.45) is 4.35. The minimum Gasteiger partial charge on any atom is -0.379 e. The van der Waals surface area contributed by atoms with Crippen molar-refractivity contribution in [1.29, 1.82) is 0 Å². The van der Waals surface area contributed by atoms with Gasteiger partial charge in [0.1, 0.15) is 0 Å². The number of hydrogen-bond donors (Lipinski definition) is 3. The van der Waals surface area contributed by atoms with Gasteiger partial charge >= 0.3 is 6.03 Å². The van der Waals surface area contributed by atoms with Crippen LogP contribution in [0.4, 0.5) is 4.79 Å². The second-order valence-electron chi connectivity index (χ2n) is 5.13. The molecule has 2 rings (SSSR count). The highest BCUT2D eigenvalue weighted by molar-refractivity contribution is 5.74. The van der Waals surface area contributed by atoms with Crippen molar-refractivity contribution in [3.63, 3.8) is 0 Å². The van der Waals surface area contributed by atoms with E-state index in [-0.39, 0.29) is 12.1 Å². The maximum atomic E-state index is 11.5. The first-order valence-electron chi connectivity index (χ1n) is 7.29. The van der Waals surface area contributed by atoms with E-state index in [1.807, 2.05) is 0 Å². The Bertz CT molecular complexity index is 264. The lowest BCUT2D eigenvalue weighted by Gasteiger charge is -2.22. The maximum absolute atomic E-state index is 11.5. The minimum absolute atomic E-state index is 0.0997. The largest absolute Gasteiger partial charge is 0.379 e. The highest BCUT2D eigenvalue weighted by Gasteiger charge is 2.17. The molecule has 110 valence electrons. The number of carbonyl (C=O) groups excluding carboxylic acids is 1. The summed E-state index contributed by atoms with van der Waals surface area (Å²) in [6.45, 7) is 4.85. The summed E-state index contributed by atoms with van der Waals surface area (Å²) >= 11 is 0. The fraction of sp³-hybridized carbons (Fsp3) is 0.923. The molecule has 0 saturated carbocycles. The number of rotatable bonds is 6. The van der Waals surface area contributed by atoms with E-state index in [4.69, 9.17) is 9.47 Å². The first kappa shape index (κ1) is 14.6. The standard InChI is InChI=1S/C13H25N3O3/c17-13(16-11-4-9-18-10-11)15-5-1-8-19-12-2-6-14-7-3-12/h11-12,14H,1-10H2,(H2,15,16,17). The van der Waals surface area contributed by atoms with E-state index >= 15 is 0 Å². The Kier molecular flexibility index (Phi) is 6.39. The van der Waals surface area contributed by atoms with Crippen LogP contribution in [0.3, 0.4) is 0 Å². The topological polar surface area (TPSA) is 71.6 Å². The first-order valence-corrected chi connectivity index (χ1v) is 7.29. The smallest absolute Gasteiger partial charge is 0.315 e. The van der Waals surface area contributed by atoms with Crippen LogP contribution >= 0.6 is 0 Å². The normalized spacial score (nSPS) is 24.3. The van der Waals surface area contributed by atoms with Gasteiger partial charge in [-0.3, -0.25) is 0 Å². The summed E-state index contributed by atoms with van der Waals surface area (Å²) in [5.41, 5.74) is 0. The number of piperidine rings is 1. The number of amides is 2. The second-order valence-corrected chi connectivity index (χ2v) is 5.13. The second kappa shape index (κ2) is 8.35. The van der Waals surface area contributed by atoms with Crippen molar-refractivity contribution in [3.05, 3.63) is 0 Å². The Balaban J connectivity index is 1.43. The predicted molar refractivity (Wildman–Crippen MR) is 72.2 cm³/mol. The van der Waals surface area contributed by atoms with Crippen LogP contribution in [-0.2, 0) is 9.47 Å². The Morgan fingerprint density at radius 2 is 2.16 bits per heavy atom. The monoisotopic (exact) mass is 271 g/mol. The Morgan fingerprint density at radius 3 is 2.89 bits per heavy atom. The van der Waals surface area contributed by atoms with Gasteiger partial charge in [-0.1, -0.05) is 0 Å². The molecule has 0 bridgehead atoms. The molecule has 1 atom stereocenters. The molecule has 2 aliphatic heterocycles. The molecule has 6 nitrogen and oxygen atoms in total. The molecule has 2 saturated heterocycles. The fourth-order valence-electron chi connectivity index (χ4n) is 2.37. The van der Waals surface area contributed by atoms with E-state index in [0.717, 1.165) is 52.0 Å². The Labute approximate surface area is 114 Å². The van der Waals surface area contributed by atoms with Crippen molar-refractivity contribution in [2.75, 3.05) is 39.5 Å². The Hall–Kier alpha value is -0.850. The van der Waals surface area contributed by atoms with Gasteiger partial charge in [-0.2, -0.15) is 0 Å². The summed E-state index contributed by atoms with van der Waals surface area (Å²) in [5, 5.41) is 9.05. The van der Waals surface area contributed by atoms with Crippen molar-refractivity contribution in [2.45, 2.75) is 37.8 Å². The molecule has 0 spiro atoms. The minimum atomic E-state index is -0.0997. The van der Waals surface area contributed by atoms with E-state index in [0.29, 0.717) is 19.3 Å². The molecule has 0 aliphatic carbocycles. The highest BCUT2D eigenvalue weighted by Crippen LogP contribution is 2.07. The summed E-state index contributed by atoms with van der Waals surface area (Å²) in [6, 6.07) is 0.0726. The van der Waals surface area contributed by atoms with Crippen molar-refractivity contribution >= 4 is 6.03 Å². The summed E-state index contributed by atoms with van der Waals surface area (Å²) in [4.78, 5) is 11.5. The molecule has 0 aromatic heterocycles. The lowest BCUT2D eigenvalue weighted by atomic mass is 10.1. The van der Waals surface area contributed by atoms with Gasteiger partial charge in [0.15, 0.2) is 0 Å². The zero-order chi connectivity index (χ0) is 13.3. The molecule has 0 aromatic carbocycles. The number of carbonyl (C=O) groups is 1. The molecule has 19 heavy (non-hydrogen) atoms. The van der Waals surface area contributed by atoms with Crippen molar-refractivity contribution in [3.8, 4) is 0 Å². The van der Waals surface area contributed by atoms with E-state index in [9.17, 15) is 4.79 Å². The SMILES string of the molecule is O=C(NCCCOC1CCNCC1)NC1CCOC1. The highest BCUT2D eigenvalue weighted by atomic mass is 16.5. The van der Waals surface area contributed by atoms with Crippen LogP contribution < -0.4 is 16.0 Å². The molecule has 6 heteroatoms. The third kappa shape index (κ3) is 5.76. The molecular formula is C13H25N3O3. The quantitative estimate of drug-likeness (QED) is 0.605.